The van der Waals surface area contributed by atoms with Gasteiger partial charge < -0.3 is 14.8 Å². The maximum Gasteiger partial charge on any atom is 0.407 e. The number of alkyl carbamates (subject to hydrolysis) is 1. The lowest BCUT2D eigenvalue weighted by Crippen LogP contribution is -2.38. The fourth-order valence-electron chi connectivity index (χ4n) is 5.86. The molecule has 0 spiro atoms. The van der Waals surface area contributed by atoms with Crippen LogP contribution in [-0.2, 0) is 26.1 Å². The van der Waals surface area contributed by atoms with E-state index < -0.39 is 22.0 Å². The molecule has 9 heteroatoms. The summed E-state index contributed by atoms with van der Waals surface area (Å²) < 4.78 is 35.3. The summed E-state index contributed by atoms with van der Waals surface area (Å²) in [6, 6.07) is 12.0. The minimum Gasteiger partial charge on any atom is -0.449 e. The Balaban J connectivity index is 1.50. The van der Waals surface area contributed by atoms with Gasteiger partial charge in [-0.2, -0.15) is 4.57 Å². The average molecular weight is 661 g/mol. The molecule has 1 amide bonds. The second kappa shape index (κ2) is 24.6. The molecule has 0 aliphatic heterocycles. The summed E-state index contributed by atoms with van der Waals surface area (Å²) in [6.45, 7) is 4.88. The maximum absolute atomic E-state index is 12.7. The van der Waals surface area contributed by atoms with E-state index in [4.69, 9.17) is 4.74 Å². The van der Waals surface area contributed by atoms with Crippen molar-refractivity contribution >= 4 is 32.8 Å². The lowest BCUT2D eigenvalue weighted by molar-refractivity contribution is -0.671. The first kappa shape index (κ1) is 39.7. The van der Waals surface area contributed by atoms with E-state index in [2.05, 4.69) is 21.5 Å². The number of benzene rings is 1. The molecule has 0 aliphatic rings. The minimum atomic E-state index is -3.54. The van der Waals surface area contributed by atoms with Gasteiger partial charge in [-0.1, -0.05) is 115 Å². The highest BCUT2D eigenvalue weighted by molar-refractivity contribution is 7.89. The highest BCUT2D eigenvalue weighted by Gasteiger charge is 2.19. The van der Waals surface area contributed by atoms with Crippen LogP contribution in [0.5, 0.6) is 0 Å². The molecule has 260 valence electrons. The van der Waals surface area contributed by atoms with Gasteiger partial charge in [0.1, 0.15) is 12.3 Å². The molecular weight excluding hydrogens is 598 g/mol. The number of ketones is 1. The van der Waals surface area contributed by atoms with Gasteiger partial charge >= 0.3 is 6.09 Å². The Morgan fingerprint density at radius 3 is 1.96 bits per heavy atom. The Bertz CT molecular complexity index is 1220. The van der Waals surface area contributed by atoms with Gasteiger partial charge in [0.15, 0.2) is 6.20 Å². The number of para-hydroxylation sites is 1. The predicted molar refractivity (Wildman–Crippen MR) is 188 cm³/mol. The van der Waals surface area contributed by atoms with Crippen LogP contribution in [0.1, 0.15) is 129 Å². The van der Waals surface area contributed by atoms with Crippen LogP contribution >= 0.6 is 0 Å². The van der Waals surface area contributed by atoms with E-state index in [1.54, 1.807) is 0 Å². The van der Waals surface area contributed by atoms with Crippen molar-refractivity contribution in [1.82, 2.24) is 10.0 Å². The Morgan fingerprint density at radius 1 is 0.783 bits per heavy atom. The highest BCUT2D eigenvalue weighted by Crippen LogP contribution is 2.14. The molecular formula is C37H62N3O5S+. The Kier molecular flexibility index (Phi) is 21.2. The lowest BCUT2D eigenvalue weighted by atomic mass is 10.0. The third-order valence-electron chi connectivity index (χ3n) is 8.52. The normalized spacial score (nSPS) is 12.3. The van der Waals surface area contributed by atoms with Crippen LogP contribution in [0, 0.1) is 5.92 Å². The summed E-state index contributed by atoms with van der Waals surface area (Å²) in [5.74, 6) is -0.522. The molecule has 2 rings (SSSR count). The second-order valence-electron chi connectivity index (χ2n) is 12.9. The van der Waals surface area contributed by atoms with Crippen LogP contribution in [0.2, 0.25) is 0 Å². The van der Waals surface area contributed by atoms with Gasteiger partial charge in [-0.15, -0.1) is 0 Å². The molecule has 1 unspecified atom stereocenters. The van der Waals surface area contributed by atoms with Crippen LogP contribution in [0.4, 0.5) is 4.79 Å². The number of fused-ring (bicyclic) bond motifs is 1. The standard InChI is InChI=1S/C37H61N3O5S/c1-3-4-5-6-7-8-9-10-11-12-13-14-15-16-17-20-26-38-37(42)45-32-34(30-33(2)41)31-39-46(43,44)29-22-28-40-27-21-24-35-23-18-19-25-36(35)40/h18-19,21,23-25,27,34,39H,3-17,20,22,26,28-32H2,1-2H3/p+1. The van der Waals surface area contributed by atoms with E-state index in [1.165, 1.54) is 96.8 Å². The SMILES string of the molecule is CCCCCCCCCCCCCCCCCCNC(=O)OCC(CNS(=O)(=O)CCC[n+]1cccc2ccccc21)CC(C)=O. The van der Waals surface area contributed by atoms with Gasteiger partial charge in [-0.25, -0.2) is 17.9 Å². The number of aryl methyl sites for hydroxylation is 1. The highest BCUT2D eigenvalue weighted by atomic mass is 32.2. The van der Waals surface area contributed by atoms with Crippen LogP contribution in [0.15, 0.2) is 42.6 Å². The van der Waals surface area contributed by atoms with Gasteiger partial charge in [0.25, 0.3) is 0 Å². The molecule has 0 saturated carbocycles. The number of rotatable bonds is 28. The summed E-state index contributed by atoms with van der Waals surface area (Å²) in [7, 11) is -3.54. The number of carbonyl (C=O) groups is 2. The largest absolute Gasteiger partial charge is 0.449 e. The Hall–Kier alpha value is -2.52. The number of pyridine rings is 1. The summed E-state index contributed by atoms with van der Waals surface area (Å²) in [6.07, 6.45) is 22.8. The third kappa shape index (κ3) is 19.2. The van der Waals surface area contributed by atoms with Crippen molar-refractivity contribution in [1.29, 1.82) is 0 Å². The fourth-order valence-corrected chi connectivity index (χ4v) is 7.01. The predicted octanol–water partition coefficient (Wildman–Crippen LogP) is 8.02. The molecule has 0 radical (unpaired) electrons. The van der Waals surface area contributed by atoms with Crippen molar-refractivity contribution < 1.29 is 27.3 Å². The number of nitrogens with one attached hydrogen (secondary N) is 2. The summed E-state index contributed by atoms with van der Waals surface area (Å²) in [4.78, 5) is 24.0. The molecule has 8 nitrogen and oxygen atoms in total. The molecule has 2 aromatic rings. The van der Waals surface area contributed by atoms with E-state index in [1.807, 2.05) is 42.6 Å². The van der Waals surface area contributed by atoms with Gasteiger partial charge in [-0.05, 0) is 25.5 Å². The van der Waals surface area contributed by atoms with E-state index in [9.17, 15) is 18.0 Å². The lowest BCUT2D eigenvalue weighted by Gasteiger charge is -2.17. The number of amides is 1. The van der Waals surface area contributed by atoms with E-state index in [-0.39, 0.29) is 31.1 Å². The van der Waals surface area contributed by atoms with E-state index >= 15 is 0 Å². The zero-order valence-electron chi connectivity index (χ0n) is 28.8. The van der Waals surface area contributed by atoms with Crippen molar-refractivity contribution in [2.24, 2.45) is 5.92 Å². The number of hydrogen-bond donors (Lipinski definition) is 2. The Morgan fingerprint density at radius 2 is 1.35 bits per heavy atom. The van der Waals surface area contributed by atoms with Crippen LogP contribution in [0.3, 0.4) is 0 Å². The maximum atomic E-state index is 12.7. The van der Waals surface area contributed by atoms with Crippen LogP contribution < -0.4 is 14.6 Å². The van der Waals surface area contributed by atoms with Crippen LogP contribution in [0.25, 0.3) is 10.9 Å². The first-order valence-electron chi connectivity index (χ1n) is 18.1. The summed E-state index contributed by atoms with van der Waals surface area (Å²) in [5.41, 5.74) is 1.06. The van der Waals surface area contributed by atoms with E-state index in [0.29, 0.717) is 19.5 Å². The topological polar surface area (TPSA) is 105 Å². The van der Waals surface area contributed by atoms with Crippen molar-refractivity contribution in [2.45, 2.75) is 136 Å². The number of sulfonamides is 1. The molecule has 1 heterocycles. The zero-order valence-corrected chi connectivity index (χ0v) is 29.6. The molecule has 0 bridgehead atoms. The van der Waals surface area contributed by atoms with Crippen molar-refractivity contribution in [3.63, 3.8) is 0 Å². The van der Waals surface area contributed by atoms with Gasteiger partial charge in [-0.3, -0.25) is 0 Å². The molecule has 1 aromatic heterocycles. The Labute approximate surface area is 279 Å². The molecule has 1 aromatic carbocycles. The number of ether oxygens (including phenoxy) is 1. The quantitative estimate of drug-likeness (QED) is 0.0711. The van der Waals surface area contributed by atoms with Crippen molar-refractivity contribution in [3.8, 4) is 0 Å². The first-order chi connectivity index (χ1) is 22.3. The van der Waals surface area contributed by atoms with Gasteiger partial charge in [0, 0.05) is 49.4 Å². The number of aromatic nitrogens is 1. The van der Waals surface area contributed by atoms with Gasteiger partial charge in [0.05, 0.1) is 12.4 Å². The zero-order chi connectivity index (χ0) is 33.3. The molecule has 0 saturated heterocycles. The fraction of sp³-hybridized carbons (Fsp3) is 0.703. The monoisotopic (exact) mass is 660 g/mol. The molecule has 0 aliphatic carbocycles. The number of Topliss-reactive ketones (excluding diaryl/α,β-unsaturated/α-hetero) is 1. The van der Waals surface area contributed by atoms with Crippen LogP contribution in [-0.4, -0.2) is 45.7 Å². The summed E-state index contributed by atoms with van der Waals surface area (Å²) in [5, 5.41) is 3.89. The second-order valence-corrected chi connectivity index (χ2v) is 14.8. The molecule has 46 heavy (non-hydrogen) atoms. The first-order valence-corrected chi connectivity index (χ1v) is 19.7. The smallest absolute Gasteiger partial charge is 0.407 e. The average Bonchev–Trinajstić information content (AvgIpc) is 3.03. The molecule has 1 atom stereocenters. The third-order valence-corrected chi connectivity index (χ3v) is 9.95. The van der Waals surface area contributed by atoms with Crippen molar-refractivity contribution in [2.75, 3.05) is 25.4 Å². The van der Waals surface area contributed by atoms with Crippen molar-refractivity contribution in [3.05, 3.63) is 42.6 Å². The minimum absolute atomic E-state index is 0.0151. The number of unbranched alkanes of at least 4 members (excludes halogenated alkanes) is 15. The number of carbonyl (C=O) groups excluding carboxylic acids is 2. The summed E-state index contributed by atoms with van der Waals surface area (Å²) >= 11 is 0. The van der Waals surface area contributed by atoms with Gasteiger partial charge in [0.2, 0.25) is 15.5 Å². The number of nitrogens with zero attached hydrogens (tertiary/aromatic N) is 1. The molecule has 2 N–H and O–H groups in total. The van der Waals surface area contributed by atoms with E-state index in [0.717, 1.165) is 23.7 Å². The molecule has 0 fully saturated rings. The number of hydrogen-bond acceptors (Lipinski definition) is 5.